The molecular formula is C18H19N7. The van der Waals surface area contributed by atoms with Crippen LogP contribution in [0.1, 0.15) is 24.5 Å². The van der Waals surface area contributed by atoms with E-state index >= 15 is 0 Å². The van der Waals surface area contributed by atoms with Gasteiger partial charge in [0.15, 0.2) is 11.5 Å². The summed E-state index contributed by atoms with van der Waals surface area (Å²) in [6.45, 7) is 2.78. The molecule has 7 heteroatoms. The predicted octanol–water partition coefficient (Wildman–Crippen LogP) is 2.50. The van der Waals surface area contributed by atoms with Gasteiger partial charge in [-0.1, -0.05) is 29.5 Å². The molecule has 0 saturated heterocycles. The molecule has 0 aliphatic carbocycles. The molecule has 25 heavy (non-hydrogen) atoms. The highest BCUT2D eigenvalue weighted by Gasteiger charge is 2.18. The van der Waals surface area contributed by atoms with Gasteiger partial charge in [-0.25, -0.2) is 4.68 Å². The summed E-state index contributed by atoms with van der Waals surface area (Å²) in [4.78, 5) is 2.18. The van der Waals surface area contributed by atoms with Gasteiger partial charge >= 0.3 is 0 Å². The van der Waals surface area contributed by atoms with Crippen molar-refractivity contribution in [2.45, 2.75) is 19.5 Å². The lowest BCUT2D eigenvalue weighted by atomic mass is 10.2. The maximum Gasteiger partial charge on any atom is 0.160 e. The van der Waals surface area contributed by atoms with Gasteiger partial charge in [-0.3, -0.25) is 9.30 Å². The molecule has 4 aromatic rings. The maximum absolute atomic E-state index is 4.33. The van der Waals surface area contributed by atoms with Crippen LogP contribution in [0.3, 0.4) is 0 Å². The van der Waals surface area contributed by atoms with Crippen molar-refractivity contribution >= 4 is 5.65 Å². The minimum absolute atomic E-state index is 0.105. The monoisotopic (exact) mass is 333 g/mol. The van der Waals surface area contributed by atoms with Crippen molar-refractivity contribution in [2.75, 3.05) is 7.05 Å². The fraction of sp³-hybridized carbons (Fsp3) is 0.222. The van der Waals surface area contributed by atoms with Crippen molar-refractivity contribution in [3.63, 3.8) is 0 Å². The second-order valence-electron chi connectivity index (χ2n) is 6.06. The number of hydrogen-bond acceptors (Lipinski definition) is 5. The first-order valence-corrected chi connectivity index (χ1v) is 8.19. The number of hydrogen-bond donors (Lipinski definition) is 0. The van der Waals surface area contributed by atoms with E-state index in [9.17, 15) is 0 Å². The molecule has 0 amide bonds. The van der Waals surface area contributed by atoms with Gasteiger partial charge in [0.05, 0.1) is 30.2 Å². The summed E-state index contributed by atoms with van der Waals surface area (Å²) in [6, 6.07) is 16.0. The van der Waals surface area contributed by atoms with E-state index in [1.54, 1.807) is 4.68 Å². The van der Waals surface area contributed by atoms with Gasteiger partial charge in [0.25, 0.3) is 0 Å². The third-order valence-electron chi connectivity index (χ3n) is 4.40. The van der Waals surface area contributed by atoms with Gasteiger partial charge in [0, 0.05) is 6.20 Å². The summed E-state index contributed by atoms with van der Waals surface area (Å²) in [6.07, 6.45) is 3.95. The molecule has 0 saturated carbocycles. The molecule has 126 valence electrons. The quantitative estimate of drug-likeness (QED) is 0.561. The summed E-state index contributed by atoms with van der Waals surface area (Å²) in [5.74, 6) is 0.903. The Morgan fingerprint density at radius 2 is 1.80 bits per heavy atom. The van der Waals surface area contributed by atoms with E-state index in [0.717, 1.165) is 22.9 Å². The molecule has 0 spiro atoms. The Kier molecular flexibility index (Phi) is 3.99. The highest BCUT2D eigenvalue weighted by Crippen LogP contribution is 2.19. The molecule has 0 unspecified atom stereocenters. The molecule has 3 aromatic heterocycles. The normalized spacial score (nSPS) is 12.8. The number of fused-ring (bicyclic) bond motifs is 1. The van der Waals surface area contributed by atoms with Crippen LogP contribution in [0.4, 0.5) is 0 Å². The Morgan fingerprint density at radius 3 is 2.64 bits per heavy atom. The van der Waals surface area contributed by atoms with Crippen LogP contribution in [0.5, 0.6) is 0 Å². The van der Waals surface area contributed by atoms with Crippen LogP contribution in [0.15, 0.2) is 60.9 Å². The van der Waals surface area contributed by atoms with Crippen molar-refractivity contribution < 1.29 is 0 Å². The lowest BCUT2D eigenvalue weighted by Gasteiger charge is -2.21. The van der Waals surface area contributed by atoms with Crippen molar-refractivity contribution in [1.29, 1.82) is 0 Å². The van der Waals surface area contributed by atoms with Gasteiger partial charge in [-0.05, 0) is 38.2 Å². The molecule has 1 atom stereocenters. The zero-order chi connectivity index (χ0) is 17.2. The molecule has 0 radical (unpaired) electrons. The van der Waals surface area contributed by atoms with Gasteiger partial charge in [-0.2, -0.15) is 0 Å². The predicted molar refractivity (Wildman–Crippen MR) is 94.2 cm³/mol. The summed E-state index contributed by atoms with van der Waals surface area (Å²) in [5.41, 5.74) is 2.77. The average Bonchev–Trinajstić information content (AvgIpc) is 3.30. The summed E-state index contributed by atoms with van der Waals surface area (Å²) in [5, 5.41) is 17.1. The van der Waals surface area contributed by atoms with Crippen LogP contribution >= 0.6 is 0 Å². The van der Waals surface area contributed by atoms with E-state index in [1.165, 1.54) is 0 Å². The van der Waals surface area contributed by atoms with Crippen molar-refractivity contribution in [1.82, 2.24) is 34.5 Å². The SMILES string of the molecule is C[C@H](c1cn(-c2ccccc2)nn1)N(C)Cc1nnc2ccccn12. The van der Waals surface area contributed by atoms with Gasteiger partial charge in [0.2, 0.25) is 0 Å². The average molecular weight is 333 g/mol. The van der Waals surface area contributed by atoms with Gasteiger partial charge < -0.3 is 0 Å². The molecule has 7 nitrogen and oxygen atoms in total. The van der Waals surface area contributed by atoms with Gasteiger partial charge in [-0.15, -0.1) is 15.3 Å². The second-order valence-corrected chi connectivity index (χ2v) is 6.06. The van der Waals surface area contributed by atoms with Crippen LogP contribution in [0.25, 0.3) is 11.3 Å². The maximum atomic E-state index is 4.33. The minimum Gasteiger partial charge on any atom is -0.290 e. The summed E-state index contributed by atoms with van der Waals surface area (Å²) < 4.78 is 3.80. The summed E-state index contributed by atoms with van der Waals surface area (Å²) >= 11 is 0. The molecule has 0 aliphatic rings. The third-order valence-corrected chi connectivity index (χ3v) is 4.40. The Balaban J connectivity index is 1.52. The van der Waals surface area contributed by atoms with Crippen LogP contribution < -0.4 is 0 Å². The molecule has 4 rings (SSSR count). The van der Waals surface area contributed by atoms with Crippen LogP contribution in [0, 0.1) is 0 Å². The van der Waals surface area contributed by atoms with Crippen molar-refractivity contribution in [3.05, 3.63) is 72.4 Å². The Bertz CT molecular complexity index is 973. The van der Waals surface area contributed by atoms with Crippen LogP contribution in [-0.4, -0.2) is 41.5 Å². The lowest BCUT2D eigenvalue weighted by Crippen LogP contribution is -2.23. The lowest BCUT2D eigenvalue weighted by molar-refractivity contribution is 0.241. The standard InChI is InChI=1S/C18H19N7/c1-14(16-12-25(22-19-16)15-8-4-3-5-9-15)23(2)13-18-21-20-17-10-6-7-11-24(17)18/h3-12,14H,13H2,1-2H3/t14-/m1/s1. The van der Waals surface area contributed by atoms with E-state index in [2.05, 4.69) is 39.4 Å². The minimum atomic E-state index is 0.105. The van der Waals surface area contributed by atoms with Gasteiger partial charge in [0.1, 0.15) is 0 Å². The molecule has 0 bridgehead atoms. The topological polar surface area (TPSA) is 64.1 Å². The zero-order valence-corrected chi connectivity index (χ0v) is 14.2. The van der Waals surface area contributed by atoms with E-state index < -0.39 is 0 Å². The molecule has 0 fully saturated rings. The first kappa shape index (κ1) is 15.5. The first-order valence-electron chi connectivity index (χ1n) is 8.19. The Hall–Kier alpha value is -3.06. The van der Waals surface area contributed by atoms with Crippen LogP contribution in [0.2, 0.25) is 0 Å². The van der Waals surface area contributed by atoms with E-state index in [4.69, 9.17) is 0 Å². The summed E-state index contributed by atoms with van der Waals surface area (Å²) in [7, 11) is 2.05. The van der Waals surface area contributed by atoms with Crippen molar-refractivity contribution in [3.8, 4) is 5.69 Å². The van der Waals surface area contributed by atoms with Crippen LogP contribution in [-0.2, 0) is 6.54 Å². The second kappa shape index (κ2) is 6.45. The largest absolute Gasteiger partial charge is 0.290 e. The molecule has 1 aromatic carbocycles. The first-order chi connectivity index (χ1) is 12.2. The fourth-order valence-corrected chi connectivity index (χ4v) is 2.76. The number of rotatable bonds is 5. The molecule has 3 heterocycles. The molecule has 0 aliphatic heterocycles. The van der Waals surface area contributed by atoms with E-state index in [1.807, 2.05) is 65.3 Å². The molecule has 0 N–H and O–H groups in total. The Morgan fingerprint density at radius 1 is 1.00 bits per heavy atom. The number of pyridine rings is 1. The molecular weight excluding hydrogens is 314 g/mol. The Labute approximate surface area is 145 Å². The zero-order valence-electron chi connectivity index (χ0n) is 14.2. The smallest absolute Gasteiger partial charge is 0.160 e. The number of benzene rings is 1. The number of para-hydroxylation sites is 1. The highest BCUT2D eigenvalue weighted by atomic mass is 15.4. The number of nitrogens with zero attached hydrogens (tertiary/aromatic N) is 7. The van der Waals surface area contributed by atoms with E-state index in [-0.39, 0.29) is 6.04 Å². The van der Waals surface area contributed by atoms with E-state index in [0.29, 0.717) is 6.54 Å². The van der Waals surface area contributed by atoms with Crippen molar-refractivity contribution in [2.24, 2.45) is 0 Å². The number of aromatic nitrogens is 6. The fourth-order valence-electron chi connectivity index (χ4n) is 2.76. The third kappa shape index (κ3) is 3.01. The highest BCUT2D eigenvalue weighted by molar-refractivity contribution is 5.37.